The van der Waals surface area contributed by atoms with Crippen molar-refractivity contribution in [3.63, 3.8) is 0 Å². The van der Waals surface area contributed by atoms with Crippen molar-refractivity contribution < 1.29 is 27.5 Å². The molecule has 3 rings (SSSR count). The summed E-state index contributed by atoms with van der Waals surface area (Å²) in [5.74, 6) is -0.768. The number of thiophene rings is 1. The number of hydrogen-bond donors (Lipinski definition) is 1. The molecule has 0 unspecified atom stereocenters. The van der Waals surface area contributed by atoms with Crippen molar-refractivity contribution in [2.75, 3.05) is 0 Å². The summed E-state index contributed by atoms with van der Waals surface area (Å²) >= 11 is 1.34. The second kappa shape index (κ2) is 8.13. The molecule has 146 valence electrons. The summed E-state index contributed by atoms with van der Waals surface area (Å²) in [6.45, 7) is -0.199. The van der Waals surface area contributed by atoms with Gasteiger partial charge in [0.2, 0.25) is 0 Å². The van der Waals surface area contributed by atoms with Crippen LogP contribution >= 0.6 is 11.3 Å². The van der Waals surface area contributed by atoms with Gasteiger partial charge in [-0.1, -0.05) is 17.3 Å². The van der Waals surface area contributed by atoms with Gasteiger partial charge in [0.1, 0.15) is 5.75 Å². The average molecular weight is 410 g/mol. The van der Waals surface area contributed by atoms with Crippen LogP contribution in [0.3, 0.4) is 0 Å². The Balaban J connectivity index is 1.58. The van der Waals surface area contributed by atoms with Crippen molar-refractivity contribution in [3.05, 3.63) is 70.2 Å². The summed E-state index contributed by atoms with van der Waals surface area (Å²) in [6, 6.07) is 9.29. The van der Waals surface area contributed by atoms with Gasteiger partial charge in [-0.05, 0) is 35.7 Å². The summed E-state index contributed by atoms with van der Waals surface area (Å²) in [5.41, 5.74) is 4.80. The van der Waals surface area contributed by atoms with E-state index in [1.165, 1.54) is 40.4 Å². The molecule has 3 aromatic rings. The summed E-state index contributed by atoms with van der Waals surface area (Å²) in [5, 5.41) is 9.27. The molecule has 2 heterocycles. The van der Waals surface area contributed by atoms with Crippen molar-refractivity contribution in [2.45, 2.75) is 12.9 Å². The van der Waals surface area contributed by atoms with Crippen LogP contribution in [0.5, 0.6) is 5.75 Å². The molecule has 0 aliphatic carbocycles. The van der Waals surface area contributed by atoms with E-state index < -0.39 is 17.7 Å². The van der Waals surface area contributed by atoms with E-state index in [0.717, 1.165) is 12.1 Å². The predicted molar refractivity (Wildman–Crippen MR) is 94.8 cm³/mol. The van der Waals surface area contributed by atoms with Crippen molar-refractivity contribution in [1.82, 2.24) is 9.78 Å². The van der Waals surface area contributed by atoms with Crippen LogP contribution in [0, 0.1) is 0 Å². The average Bonchev–Trinajstić information content (AvgIpc) is 3.35. The number of carbonyl (C=O) groups excluding carboxylic acids is 1. The molecule has 0 fully saturated rings. The number of carbonyl (C=O) groups is 1. The van der Waals surface area contributed by atoms with Gasteiger partial charge in [0.25, 0.3) is 0 Å². The third-order valence-corrected chi connectivity index (χ3v) is 4.27. The summed E-state index contributed by atoms with van der Waals surface area (Å²) in [7, 11) is 0. The van der Waals surface area contributed by atoms with Gasteiger partial charge in [-0.25, -0.2) is 9.48 Å². The van der Waals surface area contributed by atoms with Crippen LogP contribution < -0.4 is 10.5 Å². The van der Waals surface area contributed by atoms with E-state index in [-0.39, 0.29) is 24.0 Å². The smallest absolute Gasteiger partial charge is 0.416 e. The Labute approximate surface area is 160 Å². The van der Waals surface area contributed by atoms with E-state index in [0.29, 0.717) is 4.88 Å². The Morgan fingerprint density at radius 3 is 2.79 bits per heavy atom. The lowest BCUT2D eigenvalue weighted by molar-refractivity contribution is -0.137. The number of benzene rings is 1. The van der Waals surface area contributed by atoms with E-state index in [1.54, 1.807) is 17.5 Å². The minimum atomic E-state index is -4.46. The molecule has 0 radical (unpaired) electrons. The molecule has 0 spiro atoms. The molecule has 11 heteroatoms. The zero-order chi connectivity index (χ0) is 20.1. The number of oxime groups is 1. The Hall–Kier alpha value is -3.34. The molecule has 28 heavy (non-hydrogen) atoms. The molecule has 0 saturated heterocycles. The third-order valence-electron chi connectivity index (χ3n) is 3.38. The minimum Gasteiger partial charge on any atom is -0.471 e. The highest BCUT2D eigenvalue weighted by molar-refractivity contribution is 7.12. The fraction of sp³-hybridized carbons (Fsp3) is 0.118. The lowest BCUT2D eigenvalue weighted by atomic mass is 10.2. The summed E-state index contributed by atoms with van der Waals surface area (Å²) < 4.78 is 44.6. The van der Waals surface area contributed by atoms with Gasteiger partial charge in [-0.2, -0.15) is 18.3 Å². The van der Waals surface area contributed by atoms with Crippen LogP contribution in [0.2, 0.25) is 0 Å². The molecular formula is C17H13F3N4O3S. The standard InChI is InChI=1S/C17H13F3N4O3S/c18-17(19,20)11-3-1-4-12(9-11)26-10-24-7-6-13(22-24)16(25)27-23-15(21)14-5-2-8-28-14/h1-9H,10H2,(H2,21,23). The maximum Gasteiger partial charge on any atom is 0.416 e. The molecule has 0 aliphatic heterocycles. The predicted octanol–water partition coefficient (Wildman–Crippen LogP) is 3.48. The first-order valence-electron chi connectivity index (χ1n) is 7.75. The van der Waals surface area contributed by atoms with Crippen LogP contribution in [0.25, 0.3) is 0 Å². The van der Waals surface area contributed by atoms with E-state index >= 15 is 0 Å². The van der Waals surface area contributed by atoms with Crippen molar-refractivity contribution in [3.8, 4) is 5.75 Å². The molecule has 0 bridgehead atoms. The van der Waals surface area contributed by atoms with E-state index in [2.05, 4.69) is 10.3 Å². The van der Waals surface area contributed by atoms with Gasteiger partial charge in [-0.15, -0.1) is 11.3 Å². The van der Waals surface area contributed by atoms with E-state index in [9.17, 15) is 18.0 Å². The first kappa shape index (κ1) is 19.4. The number of ether oxygens (including phenoxy) is 1. The van der Waals surface area contributed by atoms with Crippen LogP contribution in [0.4, 0.5) is 13.2 Å². The number of alkyl halides is 3. The van der Waals surface area contributed by atoms with Crippen LogP contribution in [0.15, 0.2) is 59.2 Å². The molecule has 0 atom stereocenters. The van der Waals surface area contributed by atoms with Crippen molar-refractivity contribution in [2.24, 2.45) is 10.9 Å². The zero-order valence-electron chi connectivity index (χ0n) is 14.1. The number of halogens is 3. The molecule has 7 nitrogen and oxygen atoms in total. The van der Waals surface area contributed by atoms with E-state index in [1.807, 2.05) is 0 Å². The Morgan fingerprint density at radius 1 is 1.25 bits per heavy atom. The van der Waals surface area contributed by atoms with Crippen LogP contribution in [-0.4, -0.2) is 21.6 Å². The third kappa shape index (κ3) is 4.88. The second-order valence-electron chi connectivity index (χ2n) is 5.37. The monoisotopic (exact) mass is 410 g/mol. The van der Waals surface area contributed by atoms with Gasteiger partial charge < -0.3 is 15.3 Å². The number of amidine groups is 1. The Morgan fingerprint density at radius 2 is 2.07 bits per heavy atom. The van der Waals surface area contributed by atoms with E-state index in [4.69, 9.17) is 15.3 Å². The Kier molecular flexibility index (Phi) is 5.64. The molecule has 0 aliphatic rings. The lowest BCUT2D eigenvalue weighted by Gasteiger charge is -2.10. The number of aromatic nitrogens is 2. The van der Waals surface area contributed by atoms with Gasteiger partial charge in [0, 0.05) is 6.20 Å². The van der Waals surface area contributed by atoms with Gasteiger partial charge in [0.05, 0.1) is 10.4 Å². The maximum atomic E-state index is 12.7. The van der Waals surface area contributed by atoms with Gasteiger partial charge in [0.15, 0.2) is 18.3 Å². The molecular weight excluding hydrogens is 397 g/mol. The highest BCUT2D eigenvalue weighted by Crippen LogP contribution is 2.31. The number of hydrogen-bond acceptors (Lipinski definition) is 6. The largest absolute Gasteiger partial charge is 0.471 e. The van der Waals surface area contributed by atoms with Gasteiger partial charge >= 0.3 is 12.1 Å². The molecule has 1 aromatic carbocycles. The van der Waals surface area contributed by atoms with Gasteiger partial charge in [-0.3, -0.25) is 0 Å². The quantitative estimate of drug-likeness (QED) is 0.291. The molecule has 0 amide bonds. The fourth-order valence-electron chi connectivity index (χ4n) is 2.05. The second-order valence-corrected chi connectivity index (χ2v) is 6.32. The molecule has 0 saturated carbocycles. The topological polar surface area (TPSA) is 91.7 Å². The SMILES string of the molecule is N/C(=N\OC(=O)c1ccn(COc2cccc(C(F)(F)F)c2)n1)c1cccs1. The van der Waals surface area contributed by atoms with Crippen molar-refractivity contribution in [1.29, 1.82) is 0 Å². The first-order valence-corrected chi connectivity index (χ1v) is 8.63. The Bertz CT molecular complexity index is 984. The number of rotatable bonds is 6. The van der Waals surface area contributed by atoms with Crippen molar-refractivity contribution >= 4 is 23.1 Å². The minimum absolute atomic E-state index is 0.0165. The highest BCUT2D eigenvalue weighted by atomic mass is 32.1. The normalized spacial score (nSPS) is 12.0. The van der Waals surface area contributed by atoms with Crippen LogP contribution in [-0.2, 0) is 17.7 Å². The summed E-state index contributed by atoms with van der Waals surface area (Å²) in [6.07, 6.45) is -3.05. The molecule has 2 N–H and O–H groups in total. The lowest BCUT2D eigenvalue weighted by Crippen LogP contribution is -2.14. The highest BCUT2D eigenvalue weighted by Gasteiger charge is 2.30. The first-order chi connectivity index (χ1) is 13.3. The summed E-state index contributed by atoms with van der Waals surface area (Å²) in [4.78, 5) is 17.3. The van der Waals surface area contributed by atoms with Crippen LogP contribution in [0.1, 0.15) is 20.9 Å². The maximum absolute atomic E-state index is 12.7. The number of nitrogens with zero attached hydrogens (tertiary/aromatic N) is 3. The number of nitrogens with two attached hydrogens (primary N) is 1. The fourth-order valence-corrected chi connectivity index (χ4v) is 2.67. The zero-order valence-corrected chi connectivity index (χ0v) is 14.9. The molecule has 2 aromatic heterocycles.